The molecule has 0 saturated heterocycles. The van der Waals surface area contributed by atoms with Gasteiger partial charge in [0.2, 0.25) is 0 Å². The van der Waals surface area contributed by atoms with E-state index in [0.29, 0.717) is 24.0 Å². The van der Waals surface area contributed by atoms with Crippen LogP contribution in [0.3, 0.4) is 0 Å². The van der Waals surface area contributed by atoms with Crippen molar-refractivity contribution in [1.82, 2.24) is 0 Å². The molecule has 0 unspecified atom stereocenters. The number of phenols is 1. The van der Waals surface area contributed by atoms with E-state index in [1.165, 1.54) is 12.1 Å². The third-order valence-corrected chi connectivity index (χ3v) is 2.02. The van der Waals surface area contributed by atoms with Gasteiger partial charge in [-0.2, -0.15) is 0 Å². The predicted octanol–water partition coefficient (Wildman–Crippen LogP) is 1.97. The molecule has 1 rings (SSSR count). The summed E-state index contributed by atoms with van der Waals surface area (Å²) < 4.78 is 13.0. The fourth-order valence-electron chi connectivity index (χ4n) is 1.23. The molecule has 0 atom stereocenters. The second-order valence-corrected chi connectivity index (χ2v) is 2.88. The van der Waals surface area contributed by atoms with Gasteiger partial charge in [0.1, 0.15) is 17.9 Å². The molecule has 70 valence electrons. The summed E-state index contributed by atoms with van der Waals surface area (Å²) in [7, 11) is 0. The van der Waals surface area contributed by atoms with Gasteiger partial charge in [0.05, 0.1) is 0 Å². The average molecular weight is 182 g/mol. The van der Waals surface area contributed by atoms with Gasteiger partial charge in [-0.1, -0.05) is 0 Å². The minimum atomic E-state index is -0.348. The Balaban J connectivity index is 3.02. The smallest absolute Gasteiger partial charge is 0.126 e. The zero-order valence-corrected chi connectivity index (χ0v) is 7.38. The first-order valence-corrected chi connectivity index (χ1v) is 4.07. The van der Waals surface area contributed by atoms with E-state index in [2.05, 4.69) is 0 Å². The first kappa shape index (κ1) is 9.71. The topological polar surface area (TPSA) is 37.3 Å². The molecule has 0 fully saturated rings. The van der Waals surface area contributed by atoms with Crippen molar-refractivity contribution in [1.29, 1.82) is 0 Å². The molecule has 13 heavy (non-hydrogen) atoms. The van der Waals surface area contributed by atoms with Gasteiger partial charge >= 0.3 is 0 Å². The Morgan fingerprint density at radius 2 is 2.23 bits per heavy atom. The van der Waals surface area contributed by atoms with Crippen LogP contribution in [0.4, 0.5) is 4.39 Å². The van der Waals surface area contributed by atoms with Crippen LogP contribution in [0.15, 0.2) is 12.1 Å². The molecule has 1 aromatic carbocycles. The maximum absolute atomic E-state index is 13.0. The predicted molar refractivity (Wildman–Crippen MR) is 47.2 cm³/mol. The van der Waals surface area contributed by atoms with Crippen LogP contribution in [-0.2, 0) is 11.2 Å². The normalized spacial score (nSPS) is 10.0. The summed E-state index contributed by atoms with van der Waals surface area (Å²) in [6.07, 6.45) is 1.45. The molecule has 0 bridgehead atoms. The van der Waals surface area contributed by atoms with E-state index in [4.69, 9.17) is 0 Å². The summed E-state index contributed by atoms with van der Waals surface area (Å²) in [5.74, 6) is -0.292. The van der Waals surface area contributed by atoms with E-state index >= 15 is 0 Å². The molecule has 0 aromatic heterocycles. The zero-order chi connectivity index (χ0) is 9.84. The van der Waals surface area contributed by atoms with E-state index in [0.717, 1.165) is 6.29 Å². The molecule has 1 N–H and O–H groups in total. The number of rotatable bonds is 3. The number of halogens is 1. The molecule has 0 heterocycles. The van der Waals surface area contributed by atoms with Crippen LogP contribution >= 0.6 is 0 Å². The van der Waals surface area contributed by atoms with Crippen LogP contribution in [0, 0.1) is 12.7 Å². The third-order valence-electron chi connectivity index (χ3n) is 2.02. The lowest BCUT2D eigenvalue weighted by atomic mass is 10.0. The Kier molecular flexibility index (Phi) is 3.01. The number of aldehydes is 1. The van der Waals surface area contributed by atoms with Gasteiger partial charge in [0.15, 0.2) is 0 Å². The van der Waals surface area contributed by atoms with E-state index in [1.54, 1.807) is 6.92 Å². The summed E-state index contributed by atoms with van der Waals surface area (Å²) >= 11 is 0. The molecule has 2 nitrogen and oxygen atoms in total. The fraction of sp³-hybridized carbons (Fsp3) is 0.300. The van der Waals surface area contributed by atoms with Crippen molar-refractivity contribution < 1.29 is 14.3 Å². The molecule has 3 heteroatoms. The maximum atomic E-state index is 13.0. The van der Waals surface area contributed by atoms with Crippen molar-refractivity contribution in [3.05, 3.63) is 29.1 Å². The quantitative estimate of drug-likeness (QED) is 0.725. The van der Waals surface area contributed by atoms with Crippen LogP contribution < -0.4 is 0 Å². The minimum Gasteiger partial charge on any atom is -0.508 e. The number of phenolic OH excluding ortho intramolecular Hbond substituents is 1. The minimum absolute atomic E-state index is 0.0563. The first-order chi connectivity index (χ1) is 6.16. The molecule has 0 spiro atoms. The Morgan fingerprint density at radius 3 is 2.85 bits per heavy atom. The number of carbonyl (C=O) groups is 1. The molecular weight excluding hydrogens is 171 g/mol. The Bertz CT molecular complexity index is 321. The highest BCUT2D eigenvalue weighted by Gasteiger charge is 2.08. The van der Waals surface area contributed by atoms with E-state index in [-0.39, 0.29) is 11.6 Å². The van der Waals surface area contributed by atoms with Crippen LogP contribution in [0.5, 0.6) is 5.75 Å². The highest BCUT2D eigenvalue weighted by molar-refractivity contribution is 5.51. The summed E-state index contributed by atoms with van der Waals surface area (Å²) in [4.78, 5) is 10.1. The molecule has 0 aliphatic heterocycles. The molecular formula is C10H11FO2. The highest BCUT2D eigenvalue weighted by Crippen LogP contribution is 2.23. The second-order valence-electron chi connectivity index (χ2n) is 2.88. The van der Waals surface area contributed by atoms with Crippen molar-refractivity contribution in [3.63, 3.8) is 0 Å². The largest absolute Gasteiger partial charge is 0.508 e. The van der Waals surface area contributed by atoms with Gasteiger partial charge in [-0.3, -0.25) is 0 Å². The van der Waals surface area contributed by atoms with Gasteiger partial charge in [-0.15, -0.1) is 0 Å². The summed E-state index contributed by atoms with van der Waals surface area (Å²) in [5, 5.41) is 9.36. The summed E-state index contributed by atoms with van der Waals surface area (Å²) in [6.45, 7) is 1.59. The fourth-order valence-corrected chi connectivity index (χ4v) is 1.23. The van der Waals surface area contributed by atoms with E-state index < -0.39 is 0 Å². The van der Waals surface area contributed by atoms with Crippen molar-refractivity contribution in [2.45, 2.75) is 19.8 Å². The molecule has 0 saturated carbocycles. The lowest BCUT2D eigenvalue weighted by Gasteiger charge is -2.06. The third kappa shape index (κ3) is 2.05. The van der Waals surface area contributed by atoms with Crippen LogP contribution in [0.1, 0.15) is 17.5 Å². The summed E-state index contributed by atoms with van der Waals surface area (Å²) in [5.41, 5.74) is 0.939. The SMILES string of the molecule is Cc1c(F)ccc(O)c1CCC=O. The number of aromatic hydroxyl groups is 1. The van der Waals surface area contributed by atoms with Crippen LogP contribution in [0.25, 0.3) is 0 Å². The molecule has 0 aliphatic rings. The van der Waals surface area contributed by atoms with Crippen molar-refractivity contribution in [3.8, 4) is 5.75 Å². The van der Waals surface area contributed by atoms with Gasteiger partial charge in [0.25, 0.3) is 0 Å². The van der Waals surface area contributed by atoms with Gasteiger partial charge < -0.3 is 9.90 Å². The van der Waals surface area contributed by atoms with Crippen LogP contribution in [-0.4, -0.2) is 11.4 Å². The molecule has 0 radical (unpaired) electrons. The molecule has 0 amide bonds. The number of hydrogen-bond donors (Lipinski definition) is 1. The number of carbonyl (C=O) groups excluding carboxylic acids is 1. The van der Waals surface area contributed by atoms with Crippen molar-refractivity contribution in [2.75, 3.05) is 0 Å². The first-order valence-electron chi connectivity index (χ1n) is 4.07. The average Bonchev–Trinajstić information content (AvgIpc) is 2.12. The Morgan fingerprint density at radius 1 is 1.54 bits per heavy atom. The van der Waals surface area contributed by atoms with E-state index in [9.17, 15) is 14.3 Å². The number of benzene rings is 1. The maximum Gasteiger partial charge on any atom is 0.126 e. The van der Waals surface area contributed by atoms with Crippen LogP contribution in [0.2, 0.25) is 0 Å². The second kappa shape index (κ2) is 4.03. The van der Waals surface area contributed by atoms with Gasteiger partial charge in [-0.05, 0) is 31.0 Å². The standard InChI is InChI=1S/C10H11FO2/c1-7-8(3-2-6-12)10(13)5-4-9(7)11/h4-6,13H,2-3H2,1H3. The lowest BCUT2D eigenvalue weighted by molar-refractivity contribution is -0.107. The van der Waals surface area contributed by atoms with Crippen molar-refractivity contribution in [2.24, 2.45) is 0 Å². The Labute approximate surface area is 76.0 Å². The van der Waals surface area contributed by atoms with E-state index in [1.807, 2.05) is 0 Å². The zero-order valence-electron chi connectivity index (χ0n) is 7.38. The van der Waals surface area contributed by atoms with Crippen molar-refractivity contribution >= 4 is 6.29 Å². The van der Waals surface area contributed by atoms with Gasteiger partial charge in [0, 0.05) is 12.0 Å². The lowest BCUT2D eigenvalue weighted by Crippen LogP contribution is -1.94. The van der Waals surface area contributed by atoms with Gasteiger partial charge in [-0.25, -0.2) is 4.39 Å². The Hall–Kier alpha value is -1.38. The molecule has 0 aliphatic carbocycles. The molecule has 1 aromatic rings. The number of hydrogen-bond acceptors (Lipinski definition) is 2. The highest BCUT2D eigenvalue weighted by atomic mass is 19.1. The monoisotopic (exact) mass is 182 g/mol. The summed E-state index contributed by atoms with van der Waals surface area (Å²) in [6, 6.07) is 2.53.